The highest BCUT2D eigenvalue weighted by Crippen LogP contribution is 2.31. The molecule has 19 heavy (non-hydrogen) atoms. The van der Waals surface area contributed by atoms with Crippen LogP contribution in [0, 0.1) is 5.92 Å². The summed E-state index contributed by atoms with van der Waals surface area (Å²) in [6, 6.07) is 4.25. The van der Waals surface area contributed by atoms with Crippen molar-refractivity contribution in [2.24, 2.45) is 5.92 Å². The maximum atomic E-state index is 5.06. The van der Waals surface area contributed by atoms with Gasteiger partial charge in [0.25, 0.3) is 0 Å². The maximum absolute atomic E-state index is 5.06. The molecule has 0 aliphatic heterocycles. The Morgan fingerprint density at radius 1 is 1.26 bits per heavy atom. The number of ether oxygens (including phenoxy) is 1. The summed E-state index contributed by atoms with van der Waals surface area (Å²) in [6.07, 6.45) is 8.09. The number of methoxy groups -OCH3 is 1. The SMILES string of the molecule is CCNC(CC1CCCCC1)c1ccc(OC)nn1. The number of nitrogens with one attached hydrogen (secondary N) is 1. The van der Waals surface area contributed by atoms with E-state index in [1.807, 2.05) is 12.1 Å². The monoisotopic (exact) mass is 263 g/mol. The number of nitrogens with zero attached hydrogens (tertiary/aromatic N) is 2. The molecule has 1 N–H and O–H groups in total. The Kier molecular flexibility index (Phi) is 5.58. The van der Waals surface area contributed by atoms with Gasteiger partial charge in [-0.1, -0.05) is 39.0 Å². The smallest absolute Gasteiger partial charge is 0.233 e. The van der Waals surface area contributed by atoms with E-state index in [0.29, 0.717) is 11.9 Å². The lowest BCUT2D eigenvalue weighted by Gasteiger charge is -2.26. The van der Waals surface area contributed by atoms with Crippen molar-refractivity contribution in [2.45, 2.75) is 51.5 Å². The Balaban J connectivity index is 2.00. The van der Waals surface area contributed by atoms with Crippen LogP contribution in [0.4, 0.5) is 0 Å². The first kappa shape index (κ1) is 14.3. The molecule has 106 valence electrons. The molecule has 1 unspecified atom stereocenters. The van der Waals surface area contributed by atoms with Gasteiger partial charge in [-0.15, -0.1) is 5.10 Å². The summed E-state index contributed by atoms with van der Waals surface area (Å²) < 4.78 is 5.06. The molecule has 4 nitrogen and oxygen atoms in total. The molecule has 2 rings (SSSR count). The third kappa shape index (κ3) is 4.16. The van der Waals surface area contributed by atoms with Crippen LogP contribution in [0.2, 0.25) is 0 Å². The molecule has 1 aliphatic carbocycles. The second-order valence-electron chi connectivity index (χ2n) is 5.35. The van der Waals surface area contributed by atoms with Crippen LogP contribution < -0.4 is 10.1 Å². The summed E-state index contributed by atoms with van der Waals surface area (Å²) in [7, 11) is 1.62. The number of hydrogen-bond donors (Lipinski definition) is 1. The molecule has 1 aromatic heterocycles. The van der Waals surface area contributed by atoms with Crippen molar-refractivity contribution in [3.05, 3.63) is 17.8 Å². The summed E-state index contributed by atoms with van der Waals surface area (Å²) in [5.41, 5.74) is 1.04. The molecular formula is C15H25N3O. The Hall–Kier alpha value is -1.16. The van der Waals surface area contributed by atoms with Gasteiger partial charge in [0.05, 0.1) is 18.8 Å². The van der Waals surface area contributed by atoms with Gasteiger partial charge < -0.3 is 10.1 Å². The molecule has 0 radical (unpaired) electrons. The maximum Gasteiger partial charge on any atom is 0.233 e. The molecule has 1 atom stereocenters. The summed E-state index contributed by atoms with van der Waals surface area (Å²) in [5, 5.41) is 11.9. The van der Waals surface area contributed by atoms with E-state index in [2.05, 4.69) is 22.4 Å². The predicted molar refractivity (Wildman–Crippen MR) is 76.2 cm³/mol. The standard InChI is InChI=1S/C15H25N3O/c1-3-16-14(11-12-7-5-4-6-8-12)13-9-10-15(19-2)18-17-13/h9-10,12,14,16H,3-8,11H2,1-2H3. The topological polar surface area (TPSA) is 47.0 Å². The second kappa shape index (κ2) is 7.43. The van der Waals surface area contributed by atoms with E-state index in [1.165, 1.54) is 38.5 Å². The van der Waals surface area contributed by atoms with Gasteiger partial charge in [0.2, 0.25) is 5.88 Å². The van der Waals surface area contributed by atoms with Crippen LogP contribution in [-0.2, 0) is 0 Å². The van der Waals surface area contributed by atoms with Crippen molar-refractivity contribution in [1.82, 2.24) is 15.5 Å². The summed E-state index contributed by atoms with van der Waals surface area (Å²) in [4.78, 5) is 0. The lowest BCUT2D eigenvalue weighted by atomic mass is 9.84. The minimum Gasteiger partial charge on any atom is -0.480 e. The Morgan fingerprint density at radius 2 is 2.05 bits per heavy atom. The van der Waals surface area contributed by atoms with Crippen LogP contribution in [0.1, 0.15) is 57.2 Å². The van der Waals surface area contributed by atoms with E-state index in [9.17, 15) is 0 Å². The minimum absolute atomic E-state index is 0.325. The Bertz CT molecular complexity index is 360. The van der Waals surface area contributed by atoms with Crippen molar-refractivity contribution < 1.29 is 4.74 Å². The highest BCUT2D eigenvalue weighted by atomic mass is 16.5. The van der Waals surface area contributed by atoms with Crippen LogP contribution in [0.15, 0.2) is 12.1 Å². The summed E-state index contributed by atoms with van der Waals surface area (Å²) in [5.74, 6) is 1.42. The zero-order chi connectivity index (χ0) is 13.5. The fourth-order valence-corrected chi connectivity index (χ4v) is 2.94. The first-order valence-corrected chi connectivity index (χ1v) is 7.44. The molecule has 0 saturated heterocycles. The molecule has 1 heterocycles. The van der Waals surface area contributed by atoms with Crippen LogP contribution in [0.5, 0.6) is 5.88 Å². The predicted octanol–water partition coefficient (Wildman–Crippen LogP) is 3.11. The summed E-state index contributed by atoms with van der Waals surface area (Å²) in [6.45, 7) is 3.11. The number of rotatable bonds is 6. The van der Waals surface area contributed by atoms with Gasteiger partial charge in [-0.25, -0.2) is 0 Å². The highest BCUT2D eigenvalue weighted by molar-refractivity contribution is 5.14. The molecule has 1 aromatic rings. The van der Waals surface area contributed by atoms with Gasteiger partial charge in [-0.3, -0.25) is 0 Å². The Morgan fingerprint density at radius 3 is 2.63 bits per heavy atom. The summed E-state index contributed by atoms with van der Waals surface area (Å²) >= 11 is 0. The first-order chi connectivity index (χ1) is 9.33. The molecule has 0 spiro atoms. The fraction of sp³-hybridized carbons (Fsp3) is 0.733. The van der Waals surface area contributed by atoms with Crippen molar-refractivity contribution >= 4 is 0 Å². The number of aromatic nitrogens is 2. The van der Waals surface area contributed by atoms with Crippen LogP contribution >= 0.6 is 0 Å². The van der Waals surface area contributed by atoms with Gasteiger partial charge >= 0.3 is 0 Å². The van der Waals surface area contributed by atoms with Crippen LogP contribution in [-0.4, -0.2) is 23.9 Å². The van der Waals surface area contributed by atoms with E-state index in [4.69, 9.17) is 4.74 Å². The van der Waals surface area contributed by atoms with Gasteiger partial charge in [0, 0.05) is 6.07 Å². The normalized spacial score (nSPS) is 18.2. The third-order valence-corrected chi connectivity index (χ3v) is 3.97. The average molecular weight is 263 g/mol. The van der Waals surface area contributed by atoms with Crippen molar-refractivity contribution in [1.29, 1.82) is 0 Å². The zero-order valence-corrected chi connectivity index (χ0v) is 12.1. The van der Waals surface area contributed by atoms with Gasteiger partial charge in [-0.2, -0.15) is 5.10 Å². The first-order valence-electron chi connectivity index (χ1n) is 7.44. The molecule has 1 saturated carbocycles. The van der Waals surface area contributed by atoms with E-state index >= 15 is 0 Å². The van der Waals surface area contributed by atoms with Gasteiger partial charge in [-0.05, 0) is 24.9 Å². The molecule has 1 fully saturated rings. The van der Waals surface area contributed by atoms with E-state index < -0.39 is 0 Å². The van der Waals surface area contributed by atoms with Gasteiger partial charge in [0.1, 0.15) is 0 Å². The molecule has 0 aromatic carbocycles. The zero-order valence-electron chi connectivity index (χ0n) is 12.1. The number of hydrogen-bond acceptors (Lipinski definition) is 4. The van der Waals surface area contributed by atoms with Crippen molar-refractivity contribution in [3.8, 4) is 5.88 Å². The van der Waals surface area contributed by atoms with E-state index in [0.717, 1.165) is 18.2 Å². The van der Waals surface area contributed by atoms with Crippen LogP contribution in [0.3, 0.4) is 0 Å². The Labute approximate surface area is 116 Å². The second-order valence-corrected chi connectivity index (χ2v) is 5.35. The van der Waals surface area contributed by atoms with Crippen molar-refractivity contribution in [2.75, 3.05) is 13.7 Å². The van der Waals surface area contributed by atoms with Gasteiger partial charge in [0.15, 0.2) is 0 Å². The average Bonchev–Trinajstić information content (AvgIpc) is 2.48. The molecule has 0 bridgehead atoms. The minimum atomic E-state index is 0.325. The lowest BCUT2D eigenvalue weighted by Crippen LogP contribution is -2.25. The quantitative estimate of drug-likeness (QED) is 0.856. The highest BCUT2D eigenvalue weighted by Gasteiger charge is 2.20. The lowest BCUT2D eigenvalue weighted by molar-refractivity contribution is 0.298. The largest absolute Gasteiger partial charge is 0.480 e. The molecular weight excluding hydrogens is 238 g/mol. The van der Waals surface area contributed by atoms with E-state index in [1.54, 1.807) is 7.11 Å². The molecule has 4 heteroatoms. The van der Waals surface area contributed by atoms with E-state index in [-0.39, 0.29) is 0 Å². The van der Waals surface area contributed by atoms with Crippen molar-refractivity contribution in [3.63, 3.8) is 0 Å². The molecule has 0 amide bonds. The molecule has 1 aliphatic rings. The fourth-order valence-electron chi connectivity index (χ4n) is 2.94. The third-order valence-electron chi connectivity index (χ3n) is 3.97. The van der Waals surface area contributed by atoms with Crippen LogP contribution in [0.25, 0.3) is 0 Å².